The Hall–Kier alpha value is -1.36. The van der Waals surface area contributed by atoms with E-state index in [4.69, 9.17) is 4.74 Å². The number of rotatable bonds is 11. The van der Waals surface area contributed by atoms with Gasteiger partial charge >= 0.3 is 6.09 Å². The first kappa shape index (κ1) is 29.6. The molecule has 0 aliphatic rings. The number of halogens is 1. The SMILES string of the molecule is CCCCC(CNC(=O)OC(C)(C)C)NC(=NC)NCCS(=O)Cc1ccccc1.I. The molecule has 7 nitrogen and oxygen atoms in total. The van der Waals surface area contributed by atoms with E-state index in [0.717, 1.165) is 24.8 Å². The van der Waals surface area contributed by atoms with Gasteiger partial charge in [0.05, 0.1) is 0 Å². The Labute approximate surface area is 207 Å². The number of ether oxygens (including phenoxy) is 1. The Morgan fingerprint density at radius 3 is 2.45 bits per heavy atom. The average Bonchev–Trinajstić information content (AvgIpc) is 2.68. The zero-order valence-electron chi connectivity index (χ0n) is 19.4. The molecule has 2 atom stereocenters. The van der Waals surface area contributed by atoms with E-state index in [9.17, 15) is 9.00 Å². The minimum atomic E-state index is -0.945. The Balaban J connectivity index is 0.00000900. The van der Waals surface area contributed by atoms with Crippen molar-refractivity contribution >= 4 is 46.8 Å². The van der Waals surface area contributed by atoms with E-state index in [2.05, 4.69) is 27.9 Å². The van der Waals surface area contributed by atoms with E-state index < -0.39 is 22.5 Å². The summed E-state index contributed by atoms with van der Waals surface area (Å²) in [4.78, 5) is 16.2. The third-order valence-corrected chi connectivity index (χ3v) is 5.47. The van der Waals surface area contributed by atoms with E-state index in [1.54, 1.807) is 7.05 Å². The lowest BCUT2D eigenvalue weighted by Gasteiger charge is -2.24. The molecule has 178 valence electrons. The number of carbonyl (C=O) groups is 1. The zero-order valence-corrected chi connectivity index (χ0v) is 22.5. The summed E-state index contributed by atoms with van der Waals surface area (Å²) < 4.78 is 17.6. The lowest BCUT2D eigenvalue weighted by Crippen LogP contribution is -2.49. The van der Waals surface area contributed by atoms with E-state index in [1.165, 1.54) is 0 Å². The smallest absolute Gasteiger partial charge is 0.407 e. The second-order valence-electron chi connectivity index (χ2n) is 8.14. The number of amides is 1. The fourth-order valence-electron chi connectivity index (χ4n) is 2.70. The quantitative estimate of drug-likeness (QED) is 0.215. The number of aliphatic imine (C=N–C) groups is 1. The van der Waals surface area contributed by atoms with Crippen LogP contribution in [0.5, 0.6) is 0 Å². The van der Waals surface area contributed by atoms with Gasteiger partial charge in [-0.1, -0.05) is 50.1 Å². The number of hydrogen-bond donors (Lipinski definition) is 3. The molecular weight excluding hydrogens is 527 g/mol. The van der Waals surface area contributed by atoms with Gasteiger partial charge in [0.25, 0.3) is 0 Å². The van der Waals surface area contributed by atoms with Crippen molar-refractivity contribution in [1.82, 2.24) is 16.0 Å². The van der Waals surface area contributed by atoms with Crippen molar-refractivity contribution in [3.63, 3.8) is 0 Å². The van der Waals surface area contributed by atoms with Gasteiger partial charge in [-0.15, -0.1) is 24.0 Å². The maximum atomic E-state index is 12.3. The number of guanidine groups is 1. The third kappa shape index (κ3) is 15.1. The summed E-state index contributed by atoms with van der Waals surface area (Å²) in [6.45, 7) is 8.65. The fourth-order valence-corrected chi connectivity index (χ4v) is 3.74. The van der Waals surface area contributed by atoms with Gasteiger partial charge in [0.1, 0.15) is 5.60 Å². The molecule has 2 unspecified atom stereocenters. The van der Waals surface area contributed by atoms with Crippen molar-refractivity contribution in [3.05, 3.63) is 35.9 Å². The number of benzene rings is 1. The molecule has 0 bridgehead atoms. The van der Waals surface area contributed by atoms with Crippen molar-refractivity contribution in [1.29, 1.82) is 0 Å². The van der Waals surface area contributed by atoms with Crippen LogP contribution in [0.4, 0.5) is 4.79 Å². The number of carbonyl (C=O) groups excluding carboxylic acids is 1. The van der Waals surface area contributed by atoms with Crippen molar-refractivity contribution in [2.75, 3.05) is 25.9 Å². The lowest BCUT2D eigenvalue weighted by atomic mass is 10.1. The largest absolute Gasteiger partial charge is 0.444 e. The van der Waals surface area contributed by atoms with Crippen LogP contribution in [-0.4, -0.2) is 53.8 Å². The molecule has 1 rings (SSSR count). The molecule has 31 heavy (non-hydrogen) atoms. The Kier molecular flexibility index (Phi) is 15.6. The van der Waals surface area contributed by atoms with Crippen LogP contribution in [0.15, 0.2) is 35.3 Å². The molecule has 3 N–H and O–H groups in total. The van der Waals surface area contributed by atoms with E-state index in [1.807, 2.05) is 51.1 Å². The minimum Gasteiger partial charge on any atom is -0.444 e. The maximum Gasteiger partial charge on any atom is 0.407 e. The summed E-state index contributed by atoms with van der Waals surface area (Å²) in [5.41, 5.74) is 0.551. The molecule has 0 spiro atoms. The van der Waals surface area contributed by atoms with Gasteiger partial charge in [-0.2, -0.15) is 0 Å². The number of nitrogens with zero attached hydrogens (tertiary/aromatic N) is 1. The van der Waals surface area contributed by atoms with Gasteiger partial charge in [0, 0.05) is 48.5 Å². The predicted octanol–water partition coefficient (Wildman–Crippen LogP) is 3.80. The van der Waals surface area contributed by atoms with Crippen LogP contribution < -0.4 is 16.0 Å². The first-order valence-corrected chi connectivity index (χ1v) is 12.0. The summed E-state index contributed by atoms with van der Waals surface area (Å²) in [6, 6.07) is 9.87. The molecule has 0 aliphatic carbocycles. The first-order valence-electron chi connectivity index (χ1n) is 10.6. The highest BCUT2D eigenvalue weighted by atomic mass is 127. The topological polar surface area (TPSA) is 91.8 Å². The highest BCUT2D eigenvalue weighted by Gasteiger charge is 2.18. The van der Waals surface area contributed by atoms with E-state index in [0.29, 0.717) is 30.6 Å². The normalized spacial score (nSPS) is 13.5. The first-order chi connectivity index (χ1) is 14.2. The van der Waals surface area contributed by atoms with Crippen LogP contribution in [0, 0.1) is 0 Å². The van der Waals surface area contributed by atoms with Gasteiger partial charge in [0.15, 0.2) is 5.96 Å². The van der Waals surface area contributed by atoms with Gasteiger partial charge < -0.3 is 20.7 Å². The van der Waals surface area contributed by atoms with Crippen LogP contribution in [0.25, 0.3) is 0 Å². The fraction of sp³-hybridized carbons (Fsp3) is 0.636. The standard InChI is InChI=1S/C22H38N4O3S.HI/c1-6-7-13-19(16-25-21(27)29-22(2,3)4)26-20(23-5)24-14-15-30(28)17-18-11-9-8-10-12-18;/h8-12,19H,6-7,13-17H2,1-5H3,(H,25,27)(H2,23,24,26);1H. The van der Waals surface area contributed by atoms with Gasteiger partial charge in [0.2, 0.25) is 0 Å². The van der Waals surface area contributed by atoms with Gasteiger partial charge in [-0.05, 0) is 32.8 Å². The predicted molar refractivity (Wildman–Crippen MR) is 141 cm³/mol. The van der Waals surface area contributed by atoms with Crippen molar-refractivity contribution in [2.24, 2.45) is 4.99 Å². The Bertz CT molecular complexity index is 681. The molecule has 0 fully saturated rings. The van der Waals surface area contributed by atoms with E-state index in [-0.39, 0.29) is 30.0 Å². The van der Waals surface area contributed by atoms with Crippen LogP contribution in [0.2, 0.25) is 0 Å². The number of nitrogens with one attached hydrogen (secondary N) is 3. The number of unbranched alkanes of at least 4 members (excludes halogenated alkanes) is 1. The summed E-state index contributed by atoms with van der Waals surface area (Å²) in [6.07, 6.45) is 2.57. The minimum absolute atomic E-state index is 0. The summed E-state index contributed by atoms with van der Waals surface area (Å²) in [7, 11) is 0.758. The summed E-state index contributed by atoms with van der Waals surface area (Å²) in [5.74, 6) is 1.72. The molecule has 1 aromatic carbocycles. The second-order valence-corrected chi connectivity index (χ2v) is 9.72. The third-order valence-electron chi connectivity index (χ3n) is 4.15. The lowest BCUT2D eigenvalue weighted by molar-refractivity contribution is 0.0522. The molecular formula is C22H39IN4O3S. The molecule has 0 aliphatic heterocycles. The molecule has 0 aromatic heterocycles. The Morgan fingerprint density at radius 2 is 1.87 bits per heavy atom. The average molecular weight is 567 g/mol. The van der Waals surface area contributed by atoms with Crippen molar-refractivity contribution in [2.45, 2.75) is 64.4 Å². The molecule has 1 amide bonds. The van der Waals surface area contributed by atoms with E-state index >= 15 is 0 Å². The maximum absolute atomic E-state index is 12.3. The van der Waals surface area contributed by atoms with Gasteiger partial charge in [-0.25, -0.2) is 4.79 Å². The van der Waals surface area contributed by atoms with Crippen molar-refractivity contribution < 1.29 is 13.7 Å². The zero-order chi connectivity index (χ0) is 22.4. The van der Waals surface area contributed by atoms with Crippen LogP contribution >= 0.6 is 24.0 Å². The summed E-state index contributed by atoms with van der Waals surface area (Å²) in [5, 5.41) is 9.39. The van der Waals surface area contributed by atoms with Gasteiger partial charge in [-0.3, -0.25) is 9.20 Å². The highest BCUT2D eigenvalue weighted by Crippen LogP contribution is 2.07. The van der Waals surface area contributed by atoms with Crippen LogP contribution in [0.1, 0.15) is 52.5 Å². The van der Waals surface area contributed by atoms with Crippen LogP contribution in [0.3, 0.4) is 0 Å². The summed E-state index contributed by atoms with van der Waals surface area (Å²) >= 11 is 0. The highest BCUT2D eigenvalue weighted by molar-refractivity contribution is 14.0. The molecule has 0 radical (unpaired) electrons. The number of alkyl carbamates (subject to hydrolysis) is 1. The molecule has 0 saturated heterocycles. The number of hydrogen-bond acceptors (Lipinski definition) is 4. The monoisotopic (exact) mass is 566 g/mol. The molecule has 1 aromatic rings. The van der Waals surface area contributed by atoms with Crippen LogP contribution in [-0.2, 0) is 21.3 Å². The molecule has 0 saturated carbocycles. The second kappa shape index (κ2) is 16.3. The van der Waals surface area contributed by atoms with Crippen molar-refractivity contribution in [3.8, 4) is 0 Å². The molecule has 9 heteroatoms. The molecule has 0 heterocycles. The Morgan fingerprint density at radius 1 is 1.19 bits per heavy atom.